The van der Waals surface area contributed by atoms with E-state index in [1.54, 1.807) is 0 Å². The van der Waals surface area contributed by atoms with E-state index >= 15 is 0 Å². The lowest BCUT2D eigenvalue weighted by Gasteiger charge is -2.19. The van der Waals surface area contributed by atoms with Gasteiger partial charge in [-0.25, -0.2) is 0 Å². The van der Waals surface area contributed by atoms with E-state index in [-0.39, 0.29) is 29.8 Å². The Bertz CT molecular complexity index is 474. The Labute approximate surface area is 122 Å². The summed E-state index contributed by atoms with van der Waals surface area (Å²) >= 11 is 0. The predicted octanol–water partition coefficient (Wildman–Crippen LogP) is 1.42. The molecule has 0 saturated carbocycles. The molecular formula is C13H20N2O6. The molecule has 0 heterocycles. The number of rotatable bonds is 9. The van der Waals surface area contributed by atoms with E-state index in [0.717, 1.165) is 0 Å². The largest absolute Gasteiger partial charge is 0.493 e. The van der Waals surface area contributed by atoms with Crippen molar-refractivity contribution in [2.24, 2.45) is 0 Å². The van der Waals surface area contributed by atoms with E-state index in [4.69, 9.17) is 19.3 Å². The van der Waals surface area contributed by atoms with Crippen molar-refractivity contribution in [3.8, 4) is 11.5 Å². The fourth-order valence-electron chi connectivity index (χ4n) is 1.91. The molecule has 0 saturated heterocycles. The summed E-state index contributed by atoms with van der Waals surface area (Å²) in [4.78, 5) is 10.7. The fourth-order valence-corrected chi connectivity index (χ4v) is 1.91. The summed E-state index contributed by atoms with van der Waals surface area (Å²) in [7, 11) is 4.39. The molecule has 2 N–H and O–H groups in total. The number of nitrogens with one attached hydrogen (secondary N) is 1. The average molecular weight is 300 g/mol. The molecule has 1 unspecified atom stereocenters. The number of benzene rings is 1. The molecule has 8 nitrogen and oxygen atoms in total. The van der Waals surface area contributed by atoms with Crippen molar-refractivity contribution < 1.29 is 24.2 Å². The van der Waals surface area contributed by atoms with Crippen LogP contribution >= 0.6 is 0 Å². The van der Waals surface area contributed by atoms with Gasteiger partial charge in [-0.2, -0.15) is 0 Å². The normalized spacial score (nSPS) is 11.8. The zero-order valence-electron chi connectivity index (χ0n) is 12.3. The summed E-state index contributed by atoms with van der Waals surface area (Å²) < 4.78 is 15.2. The standard InChI is InChI=1S/C13H20N2O6/c1-19-8-9(4-5-16)14-10-6-12(20-2)13(21-3)7-11(10)15(17)18/h6-7,9,14,16H,4-5,8H2,1-3H3. The van der Waals surface area contributed by atoms with Gasteiger partial charge >= 0.3 is 0 Å². The van der Waals surface area contributed by atoms with Crippen LogP contribution in [0.25, 0.3) is 0 Å². The highest BCUT2D eigenvalue weighted by Gasteiger charge is 2.21. The first-order valence-corrected chi connectivity index (χ1v) is 6.34. The van der Waals surface area contributed by atoms with Crippen molar-refractivity contribution in [2.45, 2.75) is 12.5 Å². The monoisotopic (exact) mass is 300 g/mol. The Balaban J connectivity index is 3.15. The topological polar surface area (TPSA) is 103 Å². The molecule has 0 bridgehead atoms. The average Bonchev–Trinajstić information content (AvgIpc) is 2.47. The van der Waals surface area contributed by atoms with Crippen LogP contribution in [-0.4, -0.2) is 50.6 Å². The molecule has 118 valence electrons. The lowest BCUT2D eigenvalue weighted by molar-refractivity contribution is -0.384. The quantitative estimate of drug-likeness (QED) is 0.525. The summed E-state index contributed by atoms with van der Waals surface area (Å²) in [6.07, 6.45) is 0.402. The first kappa shape index (κ1) is 17.0. The number of hydrogen-bond donors (Lipinski definition) is 2. The number of nitrogens with zero attached hydrogens (tertiary/aromatic N) is 1. The van der Waals surface area contributed by atoms with Crippen LogP contribution in [0, 0.1) is 10.1 Å². The van der Waals surface area contributed by atoms with E-state index in [9.17, 15) is 10.1 Å². The number of ether oxygens (including phenoxy) is 3. The Morgan fingerprint density at radius 1 is 1.29 bits per heavy atom. The molecule has 1 aromatic rings. The van der Waals surface area contributed by atoms with E-state index in [1.165, 1.54) is 33.5 Å². The van der Waals surface area contributed by atoms with Crippen LogP contribution in [0.3, 0.4) is 0 Å². The fraction of sp³-hybridized carbons (Fsp3) is 0.538. The minimum absolute atomic E-state index is 0.0535. The second kappa shape index (κ2) is 8.28. The molecule has 0 amide bonds. The van der Waals surface area contributed by atoms with E-state index in [2.05, 4.69) is 5.32 Å². The minimum Gasteiger partial charge on any atom is -0.493 e. The van der Waals surface area contributed by atoms with Gasteiger partial charge in [0.25, 0.3) is 5.69 Å². The SMILES string of the molecule is COCC(CCO)Nc1cc(OC)c(OC)cc1[N+](=O)[O-]. The van der Waals surface area contributed by atoms with Gasteiger partial charge in [-0.05, 0) is 6.42 Å². The second-order valence-electron chi connectivity index (χ2n) is 4.29. The molecule has 8 heteroatoms. The molecule has 0 aliphatic heterocycles. The zero-order valence-corrected chi connectivity index (χ0v) is 12.3. The second-order valence-corrected chi connectivity index (χ2v) is 4.29. The van der Waals surface area contributed by atoms with Crippen molar-refractivity contribution in [1.82, 2.24) is 0 Å². The van der Waals surface area contributed by atoms with Gasteiger partial charge in [0.2, 0.25) is 0 Å². The lowest BCUT2D eigenvalue weighted by atomic mass is 10.1. The summed E-state index contributed by atoms with van der Waals surface area (Å²) in [6.45, 7) is 0.258. The van der Waals surface area contributed by atoms with E-state index < -0.39 is 4.92 Å². The van der Waals surface area contributed by atoms with Gasteiger partial charge in [-0.15, -0.1) is 0 Å². The Kier molecular flexibility index (Phi) is 6.70. The molecule has 0 aliphatic rings. The summed E-state index contributed by atoms with van der Waals surface area (Å²) in [5, 5.41) is 23.2. The Morgan fingerprint density at radius 2 is 1.90 bits per heavy atom. The first-order valence-electron chi connectivity index (χ1n) is 6.34. The molecule has 1 rings (SSSR count). The Hall–Kier alpha value is -2.06. The highest BCUT2D eigenvalue weighted by Crippen LogP contribution is 2.37. The molecule has 1 atom stereocenters. The van der Waals surface area contributed by atoms with Gasteiger partial charge in [0.05, 0.1) is 37.9 Å². The van der Waals surface area contributed by atoms with Crippen molar-refractivity contribution >= 4 is 11.4 Å². The number of hydrogen-bond acceptors (Lipinski definition) is 7. The molecule has 0 spiro atoms. The van der Waals surface area contributed by atoms with Crippen molar-refractivity contribution in [1.29, 1.82) is 0 Å². The summed E-state index contributed by atoms with van der Waals surface area (Å²) in [6, 6.07) is 2.54. The number of anilines is 1. The van der Waals surface area contributed by atoms with Crippen LogP contribution < -0.4 is 14.8 Å². The number of aliphatic hydroxyl groups is 1. The maximum absolute atomic E-state index is 11.2. The molecule has 1 aromatic carbocycles. The van der Waals surface area contributed by atoms with Gasteiger partial charge in [0.1, 0.15) is 5.69 Å². The van der Waals surface area contributed by atoms with Gasteiger partial charge < -0.3 is 24.6 Å². The summed E-state index contributed by atoms with van der Waals surface area (Å²) in [5.74, 6) is 0.658. The molecule has 0 aliphatic carbocycles. The van der Waals surface area contributed by atoms with Crippen LogP contribution in [0.5, 0.6) is 11.5 Å². The number of methoxy groups -OCH3 is 3. The molecule has 0 fully saturated rings. The smallest absolute Gasteiger partial charge is 0.296 e. The third-order valence-electron chi connectivity index (χ3n) is 2.90. The van der Waals surface area contributed by atoms with Crippen LogP contribution in [0.2, 0.25) is 0 Å². The van der Waals surface area contributed by atoms with Crippen LogP contribution in [0.4, 0.5) is 11.4 Å². The summed E-state index contributed by atoms with van der Waals surface area (Å²) in [5.41, 5.74) is 0.153. The van der Waals surface area contributed by atoms with E-state index in [0.29, 0.717) is 18.8 Å². The first-order chi connectivity index (χ1) is 10.1. The number of nitro benzene ring substituents is 1. The molecule has 21 heavy (non-hydrogen) atoms. The zero-order chi connectivity index (χ0) is 15.8. The minimum atomic E-state index is -0.507. The van der Waals surface area contributed by atoms with Crippen LogP contribution in [0.15, 0.2) is 12.1 Å². The number of aliphatic hydroxyl groups excluding tert-OH is 1. The third kappa shape index (κ3) is 4.47. The van der Waals surface area contributed by atoms with E-state index in [1.807, 2.05) is 0 Å². The van der Waals surface area contributed by atoms with Crippen molar-refractivity contribution in [3.63, 3.8) is 0 Å². The predicted molar refractivity (Wildman–Crippen MR) is 77.2 cm³/mol. The maximum Gasteiger partial charge on any atom is 0.296 e. The highest BCUT2D eigenvalue weighted by molar-refractivity contribution is 5.68. The van der Waals surface area contributed by atoms with Gasteiger partial charge in [-0.3, -0.25) is 10.1 Å². The molecule has 0 aromatic heterocycles. The van der Waals surface area contributed by atoms with Crippen molar-refractivity contribution in [3.05, 3.63) is 22.2 Å². The van der Waals surface area contributed by atoms with Gasteiger partial charge in [-0.1, -0.05) is 0 Å². The van der Waals surface area contributed by atoms with Crippen molar-refractivity contribution in [2.75, 3.05) is 39.9 Å². The van der Waals surface area contributed by atoms with Crippen LogP contribution in [-0.2, 0) is 4.74 Å². The van der Waals surface area contributed by atoms with Crippen LogP contribution in [0.1, 0.15) is 6.42 Å². The number of nitro groups is 1. The lowest BCUT2D eigenvalue weighted by Crippen LogP contribution is -2.26. The highest BCUT2D eigenvalue weighted by atomic mass is 16.6. The molecular weight excluding hydrogens is 280 g/mol. The Morgan fingerprint density at radius 3 is 2.38 bits per heavy atom. The van der Waals surface area contributed by atoms with Gasteiger partial charge in [0.15, 0.2) is 11.5 Å². The third-order valence-corrected chi connectivity index (χ3v) is 2.90. The van der Waals surface area contributed by atoms with Gasteiger partial charge in [0, 0.05) is 19.8 Å². The maximum atomic E-state index is 11.2. The molecule has 0 radical (unpaired) electrons.